The molecule has 2 heterocycles. The van der Waals surface area contributed by atoms with Crippen LogP contribution in [0.15, 0.2) is 40.9 Å². The lowest BCUT2D eigenvalue weighted by Crippen LogP contribution is -2.13. The Morgan fingerprint density at radius 1 is 1.04 bits per heavy atom. The van der Waals surface area contributed by atoms with Crippen molar-refractivity contribution < 1.29 is 23.4 Å². The van der Waals surface area contributed by atoms with Gasteiger partial charge in [0, 0.05) is 11.8 Å². The summed E-state index contributed by atoms with van der Waals surface area (Å²) in [7, 11) is 4.42. The zero-order valence-corrected chi connectivity index (χ0v) is 14.3. The first-order chi connectivity index (χ1) is 12.7. The molecule has 3 aromatic rings. The minimum absolute atomic E-state index is 0.0515. The van der Waals surface area contributed by atoms with E-state index in [0.717, 1.165) is 0 Å². The molecule has 0 aliphatic heterocycles. The third kappa shape index (κ3) is 3.41. The van der Waals surface area contributed by atoms with Crippen LogP contribution in [0.3, 0.4) is 0 Å². The molecule has 0 radical (unpaired) electrons. The number of nitrogens with one attached hydrogen (secondary N) is 1. The van der Waals surface area contributed by atoms with E-state index in [1.54, 1.807) is 24.4 Å². The zero-order valence-electron chi connectivity index (χ0n) is 14.3. The number of amides is 1. The van der Waals surface area contributed by atoms with E-state index in [9.17, 15) is 4.79 Å². The molecule has 26 heavy (non-hydrogen) atoms. The average Bonchev–Trinajstić information content (AvgIpc) is 3.15. The number of rotatable bonds is 6. The maximum absolute atomic E-state index is 12.5. The van der Waals surface area contributed by atoms with Crippen molar-refractivity contribution in [2.24, 2.45) is 0 Å². The molecular formula is C17H16N4O5. The molecule has 9 nitrogen and oxygen atoms in total. The number of hydrogen-bond donors (Lipinski definition) is 1. The predicted octanol–water partition coefficient (Wildman–Crippen LogP) is 2.41. The highest BCUT2D eigenvalue weighted by Gasteiger charge is 2.19. The van der Waals surface area contributed by atoms with Crippen LogP contribution < -0.4 is 19.5 Å². The van der Waals surface area contributed by atoms with Crippen LogP contribution >= 0.6 is 0 Å². The minimum Gasteiger partial charge on any atom is -0.493 e. The Kier molecular flexibility index (Phi) is 4.97. The van der Waals surface area contributed by atoms with Crippen LogP contribution in [0.25, 0.3) is 11.6 Å². The fourth-order valence-electron chi connectivity index (χ4n) is 2.25. The van der Waals surface area contributed by atoms with Crippen molar-refractivity contribution in [2.45, 2.75) is 0 Å². The summed E-state index contributed by atoms with van der Waals surface area (Å²) in [6.45, 7) is 0. The first-order valence-electron chi connectivity index (χ1n) is 7.52. The van der Waals surface area contributed by atoms with E-state index in [4.69, 9.17) is 18.6 Å². The molecule has 3 rings (SSSR count). The van der Waals surface area contributed by atoms with Crippen molar-refractivity contribution >= 4 is 11.9 Å². The van der Waals surface area contributed by atoms with Crippen LogP contribution in [0, 0.1) is 0 Å². The van der Waals surface area contributed by atoms with Gasteiger partial charge in [0.15, 0.2) is 11.5 Å². The van der Waals surface area contributed by atoms with Gasteiger partial charge in [0.25, 0.3) is 11.8 Å². The van der Waals surface area contributed by atoms with Gasteiger partial charge in [-0.15, -0.1) is 5.10 Å². The third-order valence-corrected chi connectivity index (χ3v) is 3.46. The Morgan fingerprint density at radius 2 is 1.77 bits per heavy atom. The summed E-state index contributed by atoms with van der Waals surface area (Å²) in [4.78, 5) is 16.6. The largest absolute Gasteiger partial charge is 0.493 e. The van der Waals surface area contributed by atoms with E-state index < -0.39 is 5.91 Å². The molecule has 0 bridgehead atoms. The van der Waals surface area contributed by atoms with E-state index in [0.29, 0.717) is 22.9 Å². The first-order valence-corrected chi connectivity index (χ1v) is 7.52. The molecule has 0 saturated heterocycles. The lowest BCUT2D eigenvalue weighted by Gasteiger charge is -2.13. The van der Waals surface area contributed by atoms with Gasteiger partial charge < -0.3 is 18.6 Å². The molecule has 0 atom stereocenters. The number of methoxy groups -OCH3 is 3. The Labute approximate surface area is 148 Å². The van der Waals surface area contributed by atoms with Gasteiger partial charge in [-0.2, -0.15) is 0 Å². The molecule has 1 aromatic carbocycles. The summed E-state index contributed by atoms with van der Waals surface area (Å²) in [6.07, 6.45) is 1.60. The van der Waals surface area contributed by atoms with Gasteiger partial charge in [-0.25, -0.2) is 0 Å². The van der Waals surface area contributed by atoms with Crippen molar-refractivity contribution in [1.82, 2.24) is 15.2 Å². The molecule has 1 amide bonds. The van der Waals surface area contributed by atoms with Crippen LogP contribution in [-0.2, 0) is 0 Å². The number of carbonyl (C=O) groups is 1. The Bertz CT molecular complexity index is 886. The van der Waals surface area contributed by atoms with Gasteiger partial charge in [0.2, 0.25) is 5.75 Å². The van der Waals surface area contributed by atoms with Gasteiger partial charge in [-0.1, -0.05) is 11.2 Å². The van der Waals surface area contributed by atoms with Crippen molar-refractivity contribution in [3.8, 4) is 28.8 Å². The van der Waals surface area contributed by atoms with E-state index >= 15 is 0 Å². The zero-order chi connectivity index (χ0) is 18.5. The fourth-order valence-corrected chi connectivity index (χ4v) is 2.25. The highest BCUT2D eigenvalue weighted by molar-refractivity contribution is 6.04. The van der Waals surface area contributed by atoms with Crippen LogP contribution in [0.1, 0.15) is 10.4 Å². The highest BCUT2D eigenvalue weighted by Crippen LogP contribution is 2.38. The number of pyridine rings is 1. The molecule has 1 N–H and O–H groups in total. The van der Waals surface area contributed by atoms with E-state index in [1.807, 2.05) is 0 Å². The monoisotopic (exact) mass is 356 g/mol. The molecule has 0 aliphatic carbocycles. The number of nitrogens with zero attached hydrogens (tertiary/aromatic N) is 3. The number of ether oxygens (including phenoxy) is 3. The van der Waals surface area contributed by atoms with Crippen LogP contribution in [0.2, 0.25) is 0 Å². The summed E-state index contributed by atoms with van der Waals surface area (Å²) in [5.74, 6) is 0.835. The third-order valence-electron chi connectivity index (χ3n) is 3.46. The van der Waals surface area contributed by atoms with Gasteiger partial charge in [-0.05, 0) is 24.3 Å². The summed E-state index contributed by atoms with van der Waals surface area (Å²) in [5, 5.41) is 10.2. The summed E-state index contributed by atoms with van der Waals surface area (Å²) < 4.78 is 21.1. The standard InChI is InChI=1S/C17H16N4O5/c1-23-12-8-10(9-13(24-2)14(12)25-3)15(22)19-17-21-20-16(26-17)11-6-4-5-7-18-11/h4-9H,1-3H3,(H,19,21,22). The van der Waals surface area contributed by atoms with Crippen molar-refractivity contribution in [2.75, 3.05) is 26.6 Å². The van der Waals surface area contributed by atoms with Gasteiger partial charge in [0.05, 0.1) is 21.3 Å². The number of benzene rings is 1. The average molecular weight is 356 g/mol. The number of anilines is 1. The number of carbonyl (C=O) groups excluding carboxylic acids is 1. The van der Waals surface area contributed by atoms with Gasteiger partial charge in [-0.3, -0.25) is 15.1 Å². The lowest BCUT2D eigenvalue weighted by molar-refractivity contribution is 0.102. The Balaban J connectivity index is 1.83. The van der Waals surface area contributed by atoms with Crippen molar-refractivity contribution in [1.29, 1.82) is 0 Å². The molecule has 0 aliphatic rings. The van der Waals surface area contributed by atoms with E-state index in [-0.39, 0.29) is 17.5 Å². The maximum Gasteiger partial charge on any atom is 0.322 e. The quantitative estimate of drug-likeness (QED) is 0.717. The summed E-state index contributed by atoms with van der Waals surface area (Å²) >= 11 is 0. The second-order valence-electron chi connectivity index (χ2n) is 5.00. The SMILES string of the molecule is COc1cc(C(=O)Nc2nnc(-c3ccccn3)o2)cc(OC)c1OC. The number of hydrogen-bond acceptors (Lipinski definition) is 8. The molecule has 134 valence electrons. The van der Waals surface area contributed by atoms with Crippen LogP contribution in [-0.4, -0.2) is 42.4 Å². The van der Waals surface area contributed by atoms with Gasteiger partial charge in [0.1, 0.15) is 5.69 Å². The van der Waals surface area contributed by atoms with Crippen LogP contribution in [0.5, 0.6) is 17.2 Å². The highest BCUT2D eigenvalue weighted by atomic mass is 16.5. The Morgan fingerprint density at radius 3 is 2.35 bits per heavy atom. The molecular weight excluding hydrogens is 340 g/mol. The maximum atomic E-state index is 12.5. The van der Waals surface area contributed by atoms with Crippen molar-refractivity contribution in [3.63, 3.8) is 0 Å². The normalized spacial score (nSPS) is 10.3. The van der Waals surface area contributed by atoms with Crippen LogP contribution in [0.4, 0.5) is 6.01 Å². The number of aromatic nitrogens is 3. The summed E-state index contributed by atoms with van der Waals surface area (Å²) in [6, 6.07) is 8.27. The molecule has 0 unspecified atom stereocenters. The van der Waals surface area contributed by atoms with Crippen molar-refractivity contribution in [3.05, 3.63) is 42.1 Å². The Hall–Kier alpha value is -3.62. The second-order valence-corrected chi connectivity index (χ2v) is 5.00. The molecule has 9 heteroatoms. The fraction of sp³-hybridized carbons (Fsp3) is 0.176. The molecule has 2 aromatic heterocycles. The second kappa shape index (κ2) is 7.51. The minimum atomic E-state index is -0.472. The predicted molar refractivity (Wildman–Crippen MR) is 91.6 cm³/mol. The van der Waals surface area contributed by atoms with E-state index in [1.165, 1.54) is 33.5 Å². The van der Waals surface area contributed by atoms with Gasteiger partial charge >= 0.3 is 6.01 Å². The smallest absolute Gasteiger partial charge is 0.322 e. The molecule has 0 spiro atoms. The molecule has 0 fully saturated rings. The lowest BCUT2D eigenvalue weighted by atomic mass is 10.1. The topological polar surface area (TPSA) is 109 Å². The summed E-state index contributed by atoms with van der Waals surface area (Å²) in [5.41, 5.74) is 0.783. The first kappa shape index (κ1) is 17.2. The van der Waals surface area contributed by atoms with E-state index in [2.05, 4.69) is 20.5 Å². The molecule has 0 saturated carbocycles.